The highest BCUT2D eigenvalue weighted by atomic mass is 16.6. The molecule has 17 heavy (non-hydrogen) atoms. The van der Waals surface area contributed by atoms with Gasteiger partial charge >= 0.3 is 5.97 Å². The van der Waals surface area contributed by atoms with Crippen molar-refractivity contribution in [3.63, 3.8) is 0 Å². The number of hydrogen-bond acceptors (Lipinski definition) is 4. The van der Waals surface area contributed by atoms with Gasteiger partial charge < -0.3 is 4.74 Å². The number of nitro benzene ring substituents is 1. The van der Waals surface area contributed by atoms with Gasteiger partial charge in [-0.2, -0.15) is 0 Å². The predicted molar refractivity (Wildman–Crippen MR) is 62.4 cm³/mol. The summed E-state index contributed by atoms with van der Waals surface area (Å²) in [7, 11) is 0. The highest BCUT2D eigenvalue weighted by Gasteiger charge is 2.22. The number of para-hydroxylation sites is 1. The molecule has 0 aromatic heterocycles. The fourth-order valence-corrected chi connectivity index (χ4v) is 1.48. The van der Waals surface area contributed by atoms with Crippen LogP contribution in [0, 0.1) is 10.1 Å². The van der Waals surface area contributed by atoms with E-state index < -0.39 is 17.0 Å². The van der Waals surface area contributed by atoms with Crippen LogP contribution in [-0.2, 0) is 9.53 Å². The van der Waals surface area contributed by atoms with Gasteiger partial charge in [0.15, 0.2) is 0 Å². The number of hydrogen-bond donors (Lipinski definition) is 0. The molecule has 0 bridgehead atoms. The Labute approximate surface area is 98.9 Å². The van der Waals surface area contributed by atoms with Gasteiger partial charge in [-0.15, -0.1) is 0 Å². The standard InChI is InChI=1S/C12H13NO4/c1-3-11(17-12(14)4-2)9-7-5-6-8-10(9)13(15)16/h4-8,11H,2-3H2,1H3. The Morgan fingerprint density at radius 3 is 2.76 bits per heavy atom. The monoisotopic (exact) mass is 235 g/mol. The zero-order valence-corrected chi connectivity index (χ0v) is 9.46. The maximum atomic E-state index is 11.1. The zero-order valence-electron chi connectivity index (χ0n) is 9.46. The summed E-state index contributed by atoms with van der Waals surface area (Å²) in [6.07, 6.45) is 0.879. The number of nitrogens with zero attached hydrogens (tertiary/aromatic N) is 1. The Morgan fingerprint density at radius 2 is 2.24 bits per heavy atom. The second-order valence-electron chi connectivity index (χ2n) is 3.35. The number of nitro groups is 1. The first-order valence-electron chi connectivity index (χ1n) is 5.16. The lowest BCUT2D eigenvalue weighted by atomic mass is 10.1. The summed E-state index contributed by atoms with van der Waals surface area (Å²) in [5.74, 6) is -0.588. The molecular formula is C12H13NO4. The normalized spacial score (nSPS) is 11.6. The van der Waals surface area contributed by atoms with Gasteiger partial charge in [0.25, 0.3) is 5.69 Å². The summed E-state index contributed by atoms with van der Waals surface area (Å²) in [6, 6.07) is 6.22. The zero-order chi connectivity index (χ0) is 12.8. The van der Waals surface area contributed by atoms with E-state index in [2.05, 4.69) is 6.58 Å². The van der Waals surface area contributed by atoms with E-state index >= 15 is 0 Å². The van der Waals surface area contributed by atoms with Crippen LogP contribution in [0.25, 0.3) is 0 Å². The first-order chi connectivity index (χ1) is 8.10. The maximum absolute atomic E-state index is 11.1. The predicted octanol–water partition coefficient (Wildman–Crippen LogP) is 2.78. The van der Waals surface area contributed by atoms with Crippen molar-refractivity contribution in [2.75, 3.05) is 0 Å². The molecule has 0 saturated carbocycles. The van der Waals surface area contributed by atoms with E-state index in [0.717, 1.165) is 6.08 Å². The molecule has 0 aliphatic heterocycles. The molecule has 5 nitrogen and oxygen atoms in total. The van der Waals surface area contributed by atoms with Crippen molar-refractivity contribution in [3.05, 3.63) is 52.6 Å². The van der Waals surface area contributed by atoms with Crippen LogP contribution < -0.4 is 0 Å². The summed E-state index contributed by atoms with van der Waals surface area (Å²) >= 11 is 0. The molecule has 0 N–H and O–H groups in total. The average Bonchev–Trinajstić information content (AvgIpc) is 2.35. The van der Waals surface area contributed by atoms with Crippen molar-refractivity contribution in [1.82, 2.24) is 0 Å². The molecule has 5 heteroatoms. The molecular weight excluding hydrogens is 222 g/mol. The van der Waals surface area contributed by atoms with Crippen LogP contribution in [0.5, 0.6) is 0 Å². The fraction of sp³-hybridized carbons (Fsp3) is 0.250. The molecule has 1 atom stereocenters. The highest BCUT2D eigenvalue weighted by molar-refractivity contribution is 5.81. The lowest BCUT2D eigenvalue weighted by Gasteiger charge is -2.15. The molecule has 1 aromatic rings. The molecule has 1 unspecified atom stereocenters. The van der Waals surface area contributed by atoms with E-state index in [-0.39, 0.29) is 5.69 Å². The lowest BCUT2D eigenvalue weighted by Crippen LogP contribution is -2.10. The second-order valence-corrected chi connectivity index (χ2v) is 3.35. The minimum atomic E-state index is -0.623. The third-order valence-corrected chi connectivity index (χ3v) is 2.28. The van der Waals surface area contributed by atoms with Crippen LogP contribution >= 0.6 is 0 Å². The van der Waals surface area contributed by atoms with Crippen molar-refractivity contribution >= 4 is 11.7 Å². The first-order valence-corrected chi connectivity index (χ1v) is 5.16. The van der Waals surface area contributed by atoms with Gasteiger partial charge in [0.2, 0.25) is 0 Å². The van der Waals surface area contributed by atoms with Crippen LogP contribution in [0.4, 0.5) is 5.69 Å². The minimum Gasteiger partial charge on any atom is -0.454 e. The third-order valence-electron chi connectivity index (χ3n) is 2.28. The fourth-order valence-electron chi connectivity index (χ4n) is 1.48. The van der Waals surface area contributed by atoms with Gasteiger partial charge in [-0.1, -0.05) is 25.6 Å². The summed E-state index contributed by atoms with van der Waals surface area (Å²) in [4.78, 5) is 21.5. The van der Waals surface area contributed by atoms with Crippen molar-refractivity contribution in [3.8, 4) is 0 Å². The van der Waals surface area contributed by atoms with Crippen LogP contribution in [0.15, 0.2) is 36.9 Å². The summed E-state index contributed by atoms with van der Waals surface area (Å²) < 4.78 is 5.06. The Morgan fingerprint density at radius 1 is 1.59 bits per heavy atom. The van der Waals surface area contributed by atoms with E-state index in [9.17, 15) is 14.9 Å². The molecule has 0 saturated heterocycles. The van der Waals surface area contributed by atoms with Crippen molar-refractivity contribution < 1.29 is 14.5 Å². The van der Waals surface area contributed by atoms with Gasteiger partial charge in [0, 0.05) is 12.1 Å². The molecule has 1 rings (SSSR count). The molecule has 0 heterocycles. The minimum absolute atomic E-state index is 0.0452. The van der Waals surface area contributed by atoms with Gasteiger partial charge in [0.1, 0.15) is 6.10 Å². The van der Waals surface area contributed by atoms with Crippen LogP contribution in [0.3, 0.4) is 0 Å². The summed E-state index contributed by atoms with van der Waals surface area (Å²) in [5.41, 5.74) is 0.353. The number of ether oxygens (including phenoxy) is 1. The Kier molecular flexibility index (Phi) is 4.39. The van der Waals surface area contributed by atoms with Crippen molar-refractivity contribution in [2.45, 2.75) is 19.4 Å². The van der Waals surface area contributed by atoms with Gasteiger partial charge in [-0.25, -0.2) is 4.79 Å². The lowest BCUT2D eigenvalue weighted by molar-refractivity contribution is -0.386. The largest absolute Gasteiger partial charge is 0.454 e. The van der Waals surface area contributed by atoms with E-state index in [0.29, 0.717) is 12.0 Å². The Bertz CT molecular complexity index is 442. The Balaban J connectivity index is 3.06. The molecule has 1 aromatic carbocycles. The first kappa shape index (κ1) is 12.9. The van der Waals surface area contributed by atoms with Crippen molar-refractivity contribution in [2.24, 2.45) is 0 Å². The van der Waals surface area contributed by atoms with Gasteiger partial charge in [0.05, 0.1) is 10.5 Å². The van der Waals surface area contributed by atoms with E-state index in [4.69, 9.17) is 4.74 Å². The number of benzene rings is 1. The van der Waals surface area contributed by atoms with Crippen LogP contribution in [0.2, 0.25) is 0 Å². The number of carbonyl (C=O) groups is 1. The molecule has 0 amide bonds. The number of carbonyl (C=O) groups excluding carboxylic acids is 1. The number of esters is 1. The topological polar surface area (TPSA) is 69.4 Å². The number of rotatable bonds is 5. The van der Waals surface area contributed by atoms with Crippen molar-refractivity contribution in [1.29, 1.82) is 0 Å². The molecule has 0 radical (unpaired) electrons. The smallest absolute Gasteiger partial charge is 0.330 e. The molecule has 90 valence electrons. The van der Waals surface area contributed by atoms with Gasteiger partial charge in [-0.3, -0.25) is 10.1 Å². The van der Waals surface area contributed by atoms with E-state index in [1.165, 1.54) is 6.07 Å². The summed E-state index contributed by atoms with van der Waals surface area (Å²) in [6.45, 7) is 5.08. The SMILES string of the molecule is C=CC(=O)OC(CC)c1ccccc1[N+](=O)[O-]. The van der Waals surface area contributed by atoms with Gasteiger partial charge in [-0.05, 0) is 12.5 Å². The Hall–Kier alpha value is -2.17. The highest BCUT2D eigenvalue weighted by Crippen LogP contribution is 2.29. The third kappa shape index (κ3) is 3.14. The molecule has 0 aliphatic rings. The van der Waals surface area contributed by atoms with Crippen LogP contribution in [-0.4, -0.2) is 10.9 Å². The summed E-state index contributed by atoms with van der Waals surface area (Å²) in [5, 5.41) is 10.8. The molecule has 0 fully saturated rings. The molecule has 0 spiro atoms. The van der Waals surface area contributed by atoms with Crippen LogP contribution in [0.1, 0.15) is 25.0 Å². The second kappa shape index (κ2) is 5.79. The quantitative estimate of drug-likeness (QED) is 0.340. The molecule has 0 aliphatic carbocycles. The van der Waals surface area contributed by atoms with E-state index in [1.807, 2.05) is 0 Å². The van der Waals surface area contributed by atoms with E-state index in [1.54, 1.807) is 25.1 Å². The maximum Gasteiger partial charge on any atom is 0.330 e. The average molecular weight is 235 g/mol.